The molecule has 125 valence electrons. The molecule has 2 aromatic carbocycles. The van der Waals surface area contributed by atoms with Gasteiger partial charge in [-0.3, -0.25) is 0 Å². The van der Waals surface area contributed by atoms with Gasteiger partial charge < -0.3 is 5.73 Å². The molecule has 0 atom stereocenters. The van der Waals surface area contributed by atoms with E-state index < -0.39 is 22.9 Å². The molecule has 2 heterocycles. The first-order valence-electron chi connectivity index (χ1n) is 8.26. The van der Waals surface area contributed by atoms with Crippen LogP contribution in [-0.2, 0) is 0 Å². The zero-order valence-corrected chi connectivity index (χ0v) is 17.5. The number of benzene rings is 2. The third-order valence-electron chi connectivity index (χ3n) is 4.33. The average molecular weight is 443 g/mol. The van der Waals surface area contributed by atoms with Crippen LogP contribution in [0.4, 0.5) is 5.95 Å². The number of nitrogens with two attached hydrogens (primary N) is 1. The van der Waals surface area contributed by atoms with Gasteiger partial charge in [-0.15, -0.1) is 0 Å². The SMILES string of the molecule is Cc1ccc(C(=O)NC2=[CH][In][CH]=C2)cc1-c1ccc2nc(N)ncc2c1. The summed E-state index contributed by atoms with van der Waals surface area (Å²) in [6.45, 7) is 2.04. The second kappa shape index (κ2) is 6.96. The Hall–Kier alpha value is -2.60. The van der Waals surface area contributed by atoms with Crippen molar-refractivity contribution < 1.29 is 4.79 Å². The molecule has 0 unspecified atom stereocenters. The fourth-order valence-electron chi connectivity index (χ4n) is 2.95. The molecule has 5 nitrogen and oxygen atoms in total. The van der Waals surface area contributed by atoms with Crippen molar-refractivity contribution in [2.24, 2.45) is 0 Å². The van der Waals surface area contributed by atoms with Crippen LogP contribution in [0.15, 0.2) is 62.0 Å². The summed E-state index contributed by atoms with van der Waals surface area (Å²) >= 11 is -0.705. The van der Waals surface area contributed by atoms with Crippen LogP contribution in [0.1, 0.15) is 15.9 Å². The quantitative estimate of drug-likeness (QED) is 0.653. The summed E-state index contributed by atoms with van der Waals surface area (Å²) in [5, 5.41) is 3.89. The van der Waals surface area contributed by atoms with Crippen molar-refractivity contribution in [3.63, 3.8) is 0 Å². The molecule has 4 rings (SSSR count). The van der Waals surface area contributed by atoms with E-state index in [1.54, 1.807) is 6.20 Å². The predicted octanol–water partition coefficient (Wildman–Crippen LogP) is 2.99. The molecule has 3 aromatic rings. The van der Waals surface area contributed by atoms with Crippen molar-refractivity contribution in [1.82, 2.24) is 15.3 Å². The zero-order chi connectivity index (χ0) is 18.1. The molecule has 0 fully saturated rings. The first-order valence-corrected chi connectivity index (χ1v) is 12.1. The number of nitrogen functional groups attached to an aromatic ring is 1. The van der Waals surface area contributed by atoms with E-state index in [2.05, 4.69) is 22.9 Å². The van der Waals surface area contributed by atoms with E-state index in [0.29, 0.717) is 5.56 Å². The van der Waals surface area contributed by atoms with Crippen LogP contribution >= 0.6 is 0 Å². The van der Waals surface area contributed by atoms with E-state index in [0.717, 1.165) is 33.3 Å². The van der Waals surface area contributed by atoms with Gasteiger partial charge in [0.2, 0.25) is 5.95 Å². The second-order valence-corrected chi connectivity index (χ2v) is 9.31. The number of rotatable bonds is 3. The first kappa shape index (κ1) is 16.8. The van der Waals surface area contributed by atoms with E-state index in [-0.39, 0.29) is 11.9 Å². The summed E-state index contributed by atoms with van der Waals surface area (Å²) < 4.78 is 4.38. The number of hydrogen-bond donors (Lipinski definition) is 2. The molecule has 1 radical (unpaired) electrons. The van der Waals surface area contributed by atoms with E-state index in [4.69, 9.17) is 5.73 Å². The number of aryl methyl sites for hydroxylation is 1. The third-order valence-corrected chi connectivity index (χ3v) is 7.09. The van der Waals surface area contributed by atoms with Gasteiger partial charge in [0, 0.05) is 0 Å². The molecule has 1 aliphatic heterocycles. The Bertz CT molecular complexity index is 1090. The first-order chi connectivity index (χ1) is 12.6. The van der Waals surface area contributed by atoms with E-state index in [9.17, 15) is 4.79 Å². The maximum absolute atomic E-state index is 12.5. The molecule has 0 spiro atoms. The Morgan fingerprint density at radius 3 is 2.88 bits per heavy atom. The Kier molecular flexibility index (Phi) is 4.51. The van der Waals surface area contributed by atoms with E-state index in [1.165, 1.54) is 0 Å². The van der Waals surface area contributed by atoms with Crippen molar-refractivity contribution in [3.05, 3.63) is 73.2 Å². The summed E-state index contributed by atoms with van der Waals surface area (Å²) in [7, 11) is 0. The topological polar surface area (TPSA) is 80.9 Å². The molecule has 1 aromatic heterocycles. The maximum atomic E-state index is 12.5. The Morgan fingerprint density at radius 1 is 1.19 bits per heavy atom. The predicted molar refractivity (Wildman–Crippen MR) is 105 cm³/mol. The van der Waals surface area contributed by atoms with Gasteiger partial charge in [-0.25, -0.2) is 0 Å². The molecule has 0 saturated heterocycles. The summed E-state index contributed by atoms with van der Waals surface area (Å²) in [4.78, 5) is 20.8. The zero-order valence-electron chi connectivity index (χ0n) is 14.2. The van der Waals surface area contributed by atoms with Gasteiger partial charge in [-0.1, -0.05) is 0 Å². The average Bonchev–Trinajstić information content (AvgIpc) is 3.14. The van der Waals surface area contributed by atoms with Crippen molar-refractivity contribution in [2.75, 3.05) is 5.73 Å². The van der Waals surface area contributed by atoms with Crippen LogP contribution in [0, 0.1) is 6.92 Å². The van der Waals surface area contributed by atoms with Gasteiger partial charge in [0.25, 0.3) is 0 Å². The van der Waals surface area contributed by atoms with Crippen molar-refractivity contribution in [2.45, 2.75) is 6.92 Å². The number of carbonyl (C=O) groups excluding carboxylic acids is 1. The Morgan fingerprint density at radius 2 is 2.08 bits per heavy atom. The number of nitrogens with one attached hydrogen (secondary N) is 1. The van der Waals surface area contributed by atoms with Crippen molar-refractivity contribution >= 4 is 45.7 Å². The van der Waals surface area contributed by atoms with Gasteiger partial charge in [-0.2, -0.15) is 0 Å². The van der Waals surface area contributed by atoms with Crippen molar-refractivity contribution in [3.8, 4) is 11.1 Å². The molecule has 3 N–H and O–H groups in total. The number of nitrogens with zero attached hydrogens (tertiary/aromatic N) is 2. The van der Waals surface area contributed by atoms with Gasteiger partial charge in [0.05, 0.1) is 0 Å². The van der Waals surface area contributed by atoms with Gasteiger partial charge in [-0.05, 0) is 0 Å². The summed E-state index contributed by atoms with van der Waals surface area (Å²) in [5.41, 5.74) is 11.2. The van der Waals surface area contributed by atoms with Crippen LogP contribution in [0.2, 0.25) is 0 Å². The molecule has 1 aliphatic rings. The summed E-state index contributed by atoms with van der Waals surface area (Å²) in [5.74, 6) is 0.184. The van der Waals surface area contributed by atoms with Gasteiger partial charge in [0.1, 0.15) is 0 Å². The normalized spacial score (nSPS) is 12.7. The van der Waals surface area contributed by atoms with Crippen LogP contribution in [-0.4, -0.2) is 38.8 Å². The van der Waals surface area contributed by atoms with Crippen LogP contribution in [0.25, 0.3) is 22.0 Å². The van der Waals surface area contributed by atoms with Crippen LogP contribution < -0.4 is 11.1 Å². The molecule has 0 saturated carbocycles. The molecule has 26 heavy (non-hydrogen) atoms. The molecule has 1 amide bonds. The number of anilines is 1. The number of allylic oxidation sites excluding steroid dienone is 1. The number of amides is 1. The minimum atomic E-state index is -0.705. The fraction of sp³-hybridized carbons (Fsp3) is 0.0500. The number of hydrogen-bond acceptors (Lipinski definition) is 4. The van der Waals surface area contributed by atoms with E-state index in [1.807, 2.05) is 49.4 Å². The second-order valence-electron chi connectivity index (χ2n) is 6.16. The van der Waals surface area contributed by atoms with E-state index >= 15 is 0 Å². The van der Waals surface area contributed by atoms with Gasteiger partial charge >= 0.3 is 151 Å². The number of carbonyl (C=O) groups is 1. The fourth-order valence-corrected chi connectivity index (χ4v) is 5.32. The van der Waals surface area contributed by atoms with Gasteiger partial charge in [0.15, 0.2) is 0 Å². The molecule has 0 bridgehead atoms. The van der Waals surface area contributed by atoms with Crippen molar-refractivity contribution in [1.29, 1.82) is 0 Å². The summed E-state index contributed by atoms with van der Waals surface area (Å²) in [6, 6.07) is 11.7. The van der Waals surface area contributed by atoms with Crippen LogP contribution in [0.5, 0.6) is 0 Å². The molecular weight excluding hydrogens is 427 g/mol. The Labute approximate surface area is 162 Å². The molecule has 6 heteroatoms. The number of fused-ring (bicyclic) bond motifs is 1. The monoisotopic (exact) mass is 443 g/mol. The molecular formula is C20H16InN4O. The molecule has 0 aliphatic carbocycles. The number of aromatic nitrogens is 2. The standard InChI is InChI=1S/C20H16N4O.In/c1-4-13(3)23-19(25)15-6-5-12(2)17(10-15)14-7-8-18-16(9-14)11-22-20(21)24-18;/h1,3-11H,2H3,(H,23,25)(H2,21,22,24);. The van der Waals surface area contributed by atoms with Crippen LogP contribution in [0.3, 0.4) is 0 Å². The summed E-state index contributed by atoms with van der Waals surface area (Å²) in [6.07, 6.45) is 3.72. The minimum absolute atomic E-state index is 0.0798. The third kappa shape index (κ3) is 3.37. The Balaban J connectivity index is 1.71.